The van der Waals surface area contributed by atoms with Gasteiger partial charge in [-0.2, -0.15) is 0 Å². The van der Waals surface area contributed by atoms with Gasteiger partial charge in [0, 0.05) is 24.1 Å². The largest absolute Gasteiger partial charge is 0.472 e. The molecule has 0 aliphatic heterocycles. The van der Waals surface area contributed by atoms with Crippen LogP contribution in [0.1, 0.15) is 31.2 Å². The fraction of sp³-hybridized carbons (Fsp3) is 0.583. The lowest BCUT2D eigenvalue weighted by molar-refractivity contribution is -0.126. The second-order valence-corrected chi connectivity index (χ2v) is 4.46. The molecule has 1 aromatic rings. The summed E-state index contributed by atoms with van der Waals surface area (Å²) in [6, 6.07) is 2.15. The van der Waals surface area contributed by atoms with E-state index in [0.29, 0.717) is 6.54 Å². The van der Waals surface area contributed by atoms with Gasteiger partial charge >= 0.3 is 0 Å². The number of rotatable bonds is 3. The molecule has 3 N–H and O–H groups in total. The molecular weight excluding hydrogens is 204 g/mol. The van der Waals surface area contributed by atoms with Crippen molar-refractivity contribution in [2.24, 2.45) is 11.7 Å². The summed E-state index contributed by atoms with van der Waals surface area (Å²) in [7, 11) is 0. The lowest BCUT2D eigenvalue weighted by Crippen LogP contribution is -2.35. The normalized spacial score (nSPS) is 25.3. The lowest BCUT2D eigenvalue weighted by atomic mass is 9.86. The van der Waals surface area contributed by atoms with E-state index < -0.39 is 0 Å². The highest BCUT2D eigenvalue weighted by Crippen LogP contribution is 2.23. The van der Waals surface area contributed by atoms with E-state index in [-0.39, 0.29) is 17.9 Å². The first-order valence-corrected chi connectivity index (χ1v) is 5.80. The summed E-state index contributed by atoms with van der Waals surface area (Å²) in [5.41, 5.74) is 6.80. The van der Waals surface area contributed by atoms with Crippen molar-refractivity contribution >= 4 is 5.91 Å². The monoisotopic (exact) mass is 222 g/mol. The molecule has 0 unspecified atom stereocenters. The minimum Gasteiger partial charge on any atom is -0.472 e. The number of nitrogens with one attached hydrogen (secondary N) is 1. The maximum absolute atomic E-state index is 11.8. The van der Waals surface area contributed by atoms with Crippen LogP contribution in [0.4, 0.5) is 0 Å². The number of hydrogen-bond acceptors (Lipinski definition) is 3. The maximum atomic E-state index is 11.8. The van der Waals surface area contributed by atoms with Gasteiger partial charge in [-0.15, -0.1) is 0 Å². The molecule has 4 nitrogen and oxygen atoms in total. The lowest BCUT2D eigenvalue weighted by Gasteiger charge is -2.25. The molecule has 16 heavy (non-hydrogen) atoms. The molecular formula is C12H18N2O2. The van der Waals surface area contributed by atoms with Crippen molar-refractivity contribution < 1.29 is 9.21 Å². The summed E-state index contributed by atoms with van der Waals surface area (Å²) in [5, 5.41) is 2.93. The highest BCUT2D eigenvalue weighted by atomic mass is 16.3. The molecule has 1 aliphatic carbocycles. The molecule has 0 saturated heterocycles. The van der Waals surface area contributed by atoms with Crippen molar-refractivity contribution in [2.75, 3.05) is 0 Å². The highest BCUT2D eigenvalue weighted by Gasteiger charge is 2.24. The fourth-order valence-electron chi connectivity index (χ4n) is 2.11. The molecule has 88 valence electrons. The third-order valence-corrected chi connectivity index (χ3v) is 3.19. The van der Waals surface area contributed by atoms with Crippen molar-refractivity contribution in [3.05, 3.63) is 24.2 Å². The van der Waals surface area contributed by atoms with Crippen molar-refractivity contribution in [3.63, 3.8) is 0 Å². The second kappa shape index (κ2) is 5.16. The van der Waals surface area contributed by atoms with Crippen molar-refractivity contribution in [1.29, 1.82) is 0 Å². The molecule has 0 aromatic carbocycles. The number of hydrogen-bond donors (Lipinski definition) is 2. The fourth-order valence-corrected chi connectivity index (χ4v) is 2.11. The molecule has 1 aliphatic rings. The Morgan fingerprint density at radius 2 is 2.19 bits per heavy atom. The number of furan rings is 1. The van der Waals surface area contributed by atoms with Gasteiger partial charge in [-0.05, 0) is 31.7 Å². The van der Waals surface area contributed by atoms with Crippen LogP contribution < -0.4 is 11.1 Å². The Kier molecular flexibility index (Phi) is 3.62. The van der Waals surface area contributed by atoms with E-state index in [9.17, 15) is 4.79 Å². The van der Waals surface area contributed by atoms with Crippen LogP contribution in [0.5, 0.6) is 0 Å². The Hall–Kier alpha value is -1.29. The van der Waals surface area contributed by atoms with Crippen molar-refractivity contribution in [2.45, 2.75) is 38.3 Å². The molecule has 0 bridgehead atoms. The highest BCUT2D eigenvalue weighted by molar-refractivity contribution is 5.78. The predicted molar refractivity (Wildman–Crippen MR) is 60.5 cm³/mol. The van der Waals surface area contributed by atoms with Crippen LogP contribution in [0.2, 0.25) is 0 Å². The molecule has 1 amide bonds. The quantitative estimate of drug-likeness (QED) is 0.812. The first-order chi connectivity index (χ1) is 7.75. The molecule has 0 radical (unpaired) electrons. The number of carbonyl (C=O) groups is 1. The van der Waals surface area contributed by atoms with Crippen LogP contribution in [0.15, 0.2) is 23.0 Å². The minimum atomic E-state index is 0.145. The summed E-state index contributed by atoms with van der Waals surface area (Å²) < 4.78 is 4.94. The van der Waals surface area contributed by atoms with E-state index in [2.05, 4.69) is 5.32 Å². The topological polar surface area (TPSA) is 68.3 Å². The molecule has 2 rings (SSSR count). The van der Waals surface area contributed by atoms with Gasteiger partial charge in [0.2, 0.25) is 5.91 Å². The van der Waals surface area contributed by atoms with Gasteiger partial charge in [0.25, 0.3) is 0 Å². The second-order valence-electron chi connectivity index (χ2n) is 4.46. The van der Waals surface area contributed by atoms with E-state index in [1.165, 1.54) is 0 Å². The number of amides is 1. The molecule has 1 aromatic heterocycles. The van der Waals surface area contributed by atoms with Gasteiger partial charge in [-0.3, -0.25) is 4.79 Å². The van der Waals surface area contributed by atoms with E-state index >= 15 is 0 Å². The Labute approximate surface area is 95.2 Å². The van der Waals surface area contributed by atoms with Crippen LogP contribution in [-0.2, 0) is 11.3 Å². The summed E-state index contributed by atoms with van der Waals surface area (Å²) in [6.45, 7) is 0.553. The summed E-state index contributed by atoms with van der Waals surface area (Å²) in [4.78, 5) is 11.8. The zero-order valence-corrected chi connectivity index (χ0v) is 9.32. The predicted octanol–water partition coefficient (Wildman–Crippen LogP) is 1.41. The zero-order chi connectivity index (χ0) is 11.4. The van der Waals surface area contributed by atoms with Crippen LogP contribution in [0, 0.1) is 5.92 Å². The Balaban J connectivity index is 1.75. The van der Waals surface area contributed by atoms with Gasteiger partial charge in [0.1, 0.15) is 0 Å². The number of nitrogens with two attached hydrogens (primary N) is 1. The van der Waals surface area contributed by atoms with E-state index in [1.807, 2.05) is 6.07 Å². The zero-order valence-electron chi connectivity index (χ0n) is 9.32. The van der Waals surface area contributed by atoms with E-state index in [1.54, 1.807) is 12.5 Å². The molecule has 1 saturated carbocycles. The van der Waals surface area contributed by atoms with Gasteiger partial charge in [0.15, 0.2) is 0 Å². The molecule has 1 heterocycles. The van der Waals surface area contributed by atoms with Crippen molar-refractivity contribution in [1.82, 2.24) is 5.32 Å². The molecule has 0 atom stereocenters. The maximum Gasteiger partial charge on any atom is 0.223 e. The third kappa shape index (κ3) is 2.85. The van der Waals surface area contributed by atoms with Crippen molar-refractivity contribution in [3.8, 4) is 0 Å². The van der Waals surface area contributed by atoms with E-state index in [4.69, 9.17) is 10.2 Å². The first kappa shape index (κ1) is 11.2. The first-order valence-electron chi connectivity index (χ1n) is 5.80. The Morgan fingerprint density at radius 1 is 1.44 bits per heavy atom. The Bertz CT molecular complexity index is 327. The average molecular weight is 222 g/mol. The Morgan fingerprint density at radius 3 is 2.81 bits per heavy atom. The summed E-state index contributed by atoms with van der Waals surface area (Å²) in [6.07, 6.45) is 7.02. The molecule has 0 spiro atoms. The SMILES string of the molecule is NC1CCC(C(=O)NCc2ccoc2)CC1. The molecule has 1 fully saturated rings. The van der Waals surface area contributed by atoms with Crippen LogP contribution in [0.25, 0.3) is 0 Å². The summed E-state index contributed by atoms with van der Waals surface area (Å²) in [5.74, 6) is 0.291. The summed E-state index contributed by atoms with van der Waals surface area (Å²) >= 11 is 0. The van der Waals surface area contributed by atoms with Crippen LogP contribution in [0.3, 0.4) is 0 Å². The average Bonchev–Trinajstić information content (AvgIpc) is 2.80. The van der Waals surface area contributed by atoms with Gasteiger partial charge in [-0.25, -0.2) is 0 Å². The molecule has 4 heteroatoms. The van der Waals surface area contributed by atoms with Crippen LogP contribution >= 0.6 is 0 Å². The number of carbonyl (C=O) groups excluding carboxylic acids is 1. The van der Waals surface area contributed by atoms with Gasteiger partial charge in [-0.1, -0.05) is 0 Å². The standard InChI is InChI=1S/C12H18N2O2/c13-11-3-1-10(2-4-11)12(15)14-7-9-5-6-16-8-9/h5-6,8,10-11H,1-4,7,13H2,(H,14,15). The van der Waals surface area contributed by atoms with Gasteiger partial charge < -0.3 is 15.5 Å². The third-order valence-electron chi connectivity index (χ3n) is 3.19. The minimum absolute atomic E-state index is 0.145. The smallest absolute Gasteiger partial charge is 0.223 e. The van der Waals surface area contributed by atoms with Gasteiger partial charge in [0.05, 0.1) is 12.5 Å². The van der Waals surface area contributed by atoms with E-state index in [0.717, 1.165) is 31.2 Å². The van der Waals surface area contributed by atoms with Crippen LogP contribution in [-0.4, -0.2) is 11.9 Å².